The van der Waals surface area contributed by atoms with Gasteiger partial charge in [-0.15, -0.1) is 35.3 Å². The van der Waals surface area contributed by atoms with Gasteiger partial charge < -0.3 is 20.1 Å². The highest BCUT2D eigenvalue weighted by Gasteiger charge is 2.23. The summed E-state index contributed by atoms with van der Waals surface area (Å²) in [5.41, 5.74) is 2.44. The van der Waals surface area contributed by atoms with E-state index in [1.807, 2.05) is 25.3 Å². The minimum Gasteiger partial charge on any atom is -0.379 e. The maximum Gasteiger partial charge on any atom is 0.191 e. The first kappa shape index (κ1) is 25.1. The maximum absolute atomic E-state index is 5.59. The van der Waals surface area contributed by atoms with Crippen LogP contribution in [0, 0.1) is 0 Å². The molecule has 0 spiro atoms. The quantitative estimate of drug-likeness (QED) is 0.287. The number of aliphatic imine (C=N–C) groups is 1. The zero-order chi connectivity index (χ0) is 20.3. The average molecular weight is 545 g/mol. The fourth-order valence-corrected chi connectivity index (χ4v) is 4.32. The minimum absolute atomic E-state index is 0. The van der Waals surface area contributed by atoms with Crippen LogP contribution in [0.25, 0.3) is 0 Å². The number of halogens is 1. The van der Waals surface area contributed by atoms with E-state index >= 15 is 0 Å². The van der Waals surface area contributed by atoms with E-state index in [0.717, 1.165) is 45.4 Å². The average Bonchev–Trinajstić information content (AvgIpc) is 3.30. The van der Waals surface area contributed by atoms with Gasteiger partial charge in [-0.1, -0.05) is 30.3 Å². The number of nitrogens with one attached hydrogen (secondary N) is 2. The van der Waals surface area contributed by atoms with Crippen molar-refractivity contribution in [3.05, 3.63) is 57.8 Å². The summed E-state index contributed by atoms with van der Waals surface area (Å²) in [6.45, 7) is 8.41. The second-order valence-electron chi connectivity index (χ2n) is 6.89. The molecule has 1 aliphatic heterocycles. The van der Waals surface area contributed by atoms with Crippen LogP contribution in [-0.4, -0.2) is 57.4 Å². The van der Waals surface area contributed by atoms with E-state index in [4.69, 9.17) is 9.47 Å². The number of morpholine rings is 1. The van der Waals surface area contributed by atoms with Crippen molar-refractivity contribution in [2.75, 3.05) is 46.5 Å². The highest BCUT2D eigenvalue weighted by Crippen LogP contribution is 2.25. The van der Waals surface area contributed by atoms with E-state index in [1.54, 1.807) is 0 Å². The third-order valence-corrected chi connectivity index (χ3v) is 6.04. The lowest BCUT2D eigenvalue weighted by Crippen LogP contribution is -2.46. The van der Waals surface area contributed by atoms with Crippen LogP contribution in [0.4, 0.5) is 0 Å². The molecule has 0 aliphatic carbocycles. The van der Waals surface area contributed by atoms with Crippen molar-refractivity contribution >= 4 is 41.3 Å². The lowest BCUT2D eigenvalue weighted by molar-refractivity contribution is 0.0177. The number of guanidine groups is 1. The number of thiophene rings is 1. The molecule has 3 rings (SSSR count). The van der Waals surface area contributed by atoms with Gasteiger partial charge >= 0.3 is 0 Å². The minimum atomic E-state index is 0. The zero-order valence-electron chi connectivity index (χ0n) is 17.8. The summed E-state index contributed by atoms with van der Waals surface area (Å²) in [5, 5.41) is 9.11. The van der Waals surface area contributed by atoms with Crippen molar-refractivity contribution in [2.24, 2.45) is 4.99 Å². The Hall–Kier alpha value is -1.20. The number of hydrogen-bond donors (Lipinski definition) is 2. The Morgan fingerprint density at radius 2 is 1.93 bits per heavy atom. The Morgan fingerprint density at radius 1 is 1.17 bits per heavy atom. The Labute approximate surface area is 201 Å². The summed E-state index contributed by atoms with van der Waals surface area (Å²) in [5.74, 6) is 0.811. The van der Waals surface area contributed by atoms with Crippen LogP contribution in [0.5, 0.6) is 0 Å². The van der Waals surface area contributed by atoms with Gasteiger partial charge in [0.05, 0.1) is 25.9 Å². The molecule has 0 saturated carbocycles. The summed E-state index contributed by atoms with van der Waals surface area (Å²) in [6.07, 6.45) is 0. The predicted molar refractivity (Wildman–Crippen MR) is 135 cm³/mol. The largest absolute Gasteiger partial charge is 0.379 e. The number of benzene rings is 1. The van der Waals surface area contributed by atoms with Gasteiger partial charge in [-0.2, -0.15) is 0 Å². The van der Waals surface area contributed by atoms with Gasteiger partial charge in [0.15, 0.2) is 5.96 Å². The molecule has 8 heteroatoms. The standard InChI is InChI=1S/C22H32N4O2S.HI/c1-3-27-17-19-8-5-4-7-18(19)15-24-22(23-2)25-16-20(21-9-6-14-29-21)26-10-12-28-13-11-26;/h4-9,14,20H,3,10-13,15-17H2,1-2H3,(H2,23,24,25);1H. The van der Waals surface area contributed by atoms with Crippen LogP contribution in [0.2, 0.25) is 0 Å². The molecule has 0 bridgehead atoms. The Morgan fingerprint density at radius 3 is 2.60 bits per heavy atom. The van der Waals surface area contributed by atoms with Gasteiger partial charge in [-0.25, -0.2) is 0 Å². The van der Waals surface area contributed by atoms with Crippen molar-refractivity contribution in [3.63, 3.8) is 0 Å². The van der Waals surface area contributed by atoms with Crippen molar-refractivity contribution in [3.8, 4) is 0 Å². The maximum atomic E-state index is 5.59. The Bertz CT molecular complexity index is 751. The third-order valence-electron chi connectivity index (χ3n) is 5.07. The van der Waals surface area contributed by atoms with Gasteiger partial charge in [0, 0.05) is 44.7 Å². The molecule has 1 saturated heterocycles. The monoisotopic (exact) mass is 544 g/mol. The van der Waals surface area contributed by atoms with Crippen molar-refractivity contribution < 1.29 is 9.47 Å². The lowest BCUT2D eigenvalue weighted by atomic mass is 10.1. The molecule has 2 heterocycles. The van der Waals surface area contributed by atoms with Gasteiger partial charge in [0.1, 0.15) is 0 Å². The van der Waals surface area contributed by atoms with E-state index in [-0.39, 0.29) is 24.0 Å². The van der Waals surface area contributed by atoms with Crippen LogP contribution >= 0.6 is 35.3 Å². The van der Waals surface area contributed by atoms with Gasteiger partial charge in [-0.3, -0.25) is 9.89 Å². The Balaban J connectivity index is 0.00000320. The van der Waals surface area contributed by atoms with E-state index in [1.165, 1.54) is 16.0 Å². The van der Waals surface area contributed by atoms with Crippen LogP contribution < -0.4 is 10.6 Å². The molecule has 1 fully saturated rings. The number of ether oxygens (including phenoxy) is 2. The summed E-state index contributed by atoms with van der Waals surface area (Å²) >= 11 is 1.81. The molecule has 0 amide bonds. The first-order valence-corrected chi connectivity index (χ1v) is 11.1. The Kier molecular flexibility index (Phi) is 11.7. The topological polar surface area (TPSA) is 58.1 Å². The molecular weight excluding hydrogens is 511 g/mol. The molecule has 6 nitrogen and oxygen atoms in total. The lowest BCUT2D eigenvalue weighted by Gasteiger charge is -2.34. The first-order valence-electron chi connectivity index (χ1n) is 10.3. The second-order valence-corrected chi connectivity index (χ2v) is 7.87. The summed E-state index contributed by atoms with van der Waals surface area (Å²) in [7, 11) is 1.82. The number of nitrogens with zero attached hydrogens (tertiary/aromatic N) is 2. The van der Waals surface area contributed by atoms with Crippen LogP contribution in [0.15, 0.2) is 46.8 Å². The van der Waals surface area contributed by atoms with Crippen LogP contribution in [0.1, 0.15) is 29.0 Å². The normalized spacial score (nSPS) is 16.0. The van der Waals surface area contributed by atoms with Gasteiger partial charge in [0.25, 0.3) is 0 Å². The molecular formula is C22H33IN4O2S. The molecule has 166 valence electrons. The number of hydrogen-bond acceptors (Lipinski definition) is 5. The smallest absolute Gasteiger partial charge is 0.191 e. The molecule has 1 aromatic heterocycles. The van der Waals surface area contributed by atoms with Crippen molar-refractivity contribution in [2.45, 2.75) is 26.1 Å². The molecule has 30 heavy (non-hydrogen) atoms. The molecule has 1 aromatic carbocycles. The fourth-order valence-electron chi connectivity index (χ4n) is 3.46. The van der Waals surface area contributed by atoms with E-state index in [2.05, 4.69) is 62.3 Å². The summed E-state index contributed by atoms with van der Waals surface area (Å²) < 4.78 is 11.1. The molecule has 1 aliphatic rings. The van der Waals surface area contributed by atoms with Crippen molar-refractivity contribution in [1.29, 1.82) is 0 Å². The van der Waals surface area contributed by atoms with Crippen molar-refractivity contribution in [1.82, 2.24) is 15.5 Å². The molecule has 1 unspecified atom stereocenters. The van der Waals surface area contributed by atoms with Crippen LogP contribution in [-0.2, 0) is 22.6 Å². The third kappa shape index (κ3) is 7.49. The second kappa shape index (κ2) is 14.0. The molecule has 0 radical (unpaired) electrons. The molecule has 2 N–H and O–H groups in total. The number of rotatable bonds is 9. The van der Waals surface area contributed by atoms with E-state index in [9.17, 15) is 0 Å². The summed E-state index contributed by atoms with van der Waals surface area (Å²) in [6, 6.07) is 13.0. The van der Waals surface area contributed by atoms with E-state index in [0.29, 0.717) is 19.2 Å². The highest BCUT2D eigenvalue weighted by atomic mass is 127. The molecule has 2 aromatic rings. The first-order chi connectivity index (χ1) is 14.3. The van der Waals surface area contributed by atoms with Gasteiger partial charge in [-0.05, 0) is 29.5 Å². The van der Waals surface area contributed by atoms with Crippen LogP contribution in [0.3, 0.4) is 0 Å². The molecule has 1 atom stereocenters. The fraction of sp³-hybridized carbons (Fsp3) is 0.500. The predicted octanol–water partition coefficient (Wildman–Crippen LogP) is 3.64. The van der Waals surface area contributed by atoms with Gasteiger partial charge in [0.2, 0.25) is 0 Å². The highest BCUT2D eigenvalue weighted by molar-refractivity contribution is 14.0. The summed E-state index contributed by atoms with van der Waals surface area (Å²) in [4.78, 5) is 8.28. The zero-order valence-corrected chi connectivity index (χ0v) is 20.9. The van der Waals surface area contributed by atoms with E-state index < -0.39 is 0 Å². The SMILES string of the molecule is CCOCc1ccccc1CNC(=NC)NCC(c1cccs1)N1CCOCC1.I.